The molecule has 5 fully saturated rings. The number of nitro groups is 1. The molecule has 10 rings (SSSR count). The van der Waals surface area contributed by atoms with Crippen LogP contribution in [-0.4, -0.2) is 84.4 Å². The molecular weight excluding hydrogens is 831 g/mol. The number of nitrogens with zero attached hydrogens (tertiary/aromatic N) is 5. The Hall–Kier alpha value is -5.58. The second-order valence-corrected chi connectivity index (χ2v) is 20.7. The third kappa shape index (κ3) is 8.79. The number of anilines is 2. The fourth-order valence-electron chi connectivity index (χ4n) is 10.8. The summed E-state index contributed by atoms with van der Waals surface area (Å²) in [7, 11) is -4.59. The molecule has 3 aromatic heterocycles. The highest BCUT2D eigenvalue weighted by Gasteiger charge is 2.50. The van der Waals surface area contributed by atoms with Gasteiger partial charge >= 0.3 is 5.69 Å². The highest BCUT2D eigenvalue weighted by Crippen LogP contribution is 2.54. The Kier molecular flexibility index (Phi) is 11.5. The molecule has 1 spiro atoms. The second kappa shape index (κ2) is 17.4. The van der Waals surface area contributed by atoms with Crippen LogP contribution in [-0.2, 0) is 10.0 Å². The zero-order valence-corrected chi connectivity index (χ0v) is 37.1. The molecular formula is C48H57N9O6S. The van der Waals surface area contributed by atoms with Crippen molar-refractivity contribution in [2.75, 3.05) is 49.5 Å². The van der Waals surface area contributed by atoms with Crippen molar-refractivity contribution < 1.29 is 22.9 Å². The zero-order valence-electron chi connectivity index (χ0n) is 36.3. The predicted octanol–water partition coefficient (Wildman–Crippen LogP) is 8.29. The maximum atomic E-state index is 14.0. The van der Waals surface area contributed by atoms with Crippen LogP contribution in [0.5, 0.6) is 11.5 Å². The maximum absolute atomic E-state index is 14.0. The number of rotatable bonds is 13. The number of carbonyl (C=O) groups is 1. The summed E-state index contributed by atoms with van der Waals surface area (Å²) in [6.45, 7) is 7.48. The van der Waals surface area contributed by atoms with Crippen molar-refractivity contribution >= 4 is 44.2 Å². The number of amides is 1. The monoisotopic (exact) mass is 887 g/mol. The second-order valence-electron chi connectivity index (χ2n) is 19.0. The average molecular weight is 888 g/mol. The molecule has 1 amide bonds. The van der Waals surface area contributed by atoms with E-state index in [1.165, 1.54) is 31.2 Å². The van der Waals surface area contributed by atoms with Crippen LogP contribution in [0.25, 0.3) is 11.0 Å². The molecule has 2 aliphatic heterocycles. The van der Waals surface area contributed by atoms with Crippen LogP contribution in [0.4, 0.5) is 17.2 Å². The summed E-state index contributed by atoms with van der Waals surface area (Å²) in [5.74, 6) is 1.30. The molecule has 0 radical (unpaired) electrons. The number of sulfonamides is 1. The molecule has 5 aliphatic rings. The number of fused-ring (bicyclic) bond motifs is 1. The first-order valence-electron chi connectivity index (χ1n) is 23.0. The van der Waals surface area contributed by atoms with Gasteiger partial charge in [-0.25, -0.2) is 23.1 Å². The van der Waals surface area contributed by atoms with Gasteiger partial charge in [0.1, 0.15) is 22.0 Å². The Balaban J connectivity index is 0.838. The summed E-state index contributed by atoms with van der Waals surface area (Å²) in [5.41, 5.74) is 4.38. The van der Waals surface area contributed by atoms with E-state index in [9.17, 15) is 23.3 Å². The number of pyridine rings is 2. The summed E-state index contributed by atoms with van der Waals surface area (Å²) in [4.78, 5) is 41.7. The Morgan fingerprint density at radius 2 is 1.73 bits per heavy atom. The number of benzene rings is 2. The van der Waals surface area contributed by atoms with Crippen molar-refractivity contribution in [3.05, 3.63) is 106 Å². The van der Waals surface area contributed by atoms with Gasteiger partial charge in [0.25, 0.3) is 15.9 Å². The molecule has 1 atom stereocenters. The van der Waals surface area contributed by atoms with Crippen LogP contribution >= 0.6 is 0 Å². The molecule has 3 aliphatic carbocycles. The Morgan fingerprint density at radius 1 is 0.953 bits per heavy atom. The molecule has 5 heterocycles. The summed E-state index contributed by atoms with van der Waals surface area (Å²) in [5, 5.41) is 19.7. The van der Waals surface area contributed by atoms with Gasteiger partial charge in [-0.1, -0.05) is 44.0 Å². The number of H-pyrrole nitrogens is 1. The number of nitrogens with one attached hydrogen (secondary N) is 4. The lowest BCUT2D eigenvalue weighted by Gasteiger charge is -2.57. The fourth-order valence-corrected chi connectivity index (χ4v) is 11.7. The quantitative estimate of drug-likeness (QED) is 0.0656. The minimum atomic E-state index is -4.59. The first-order valence-corrected chi connectivity index (χ1v) is 24.5. The van der Waals surface area contributed by atoms with E-state index in [1.54, 1.807) is 36.2 Å². The Labute approximate surface area is 374 Å². The molecule has 15 nitrogen and oxygen atoms in total. The van der Waals surface area contributed by atoms with Gasteiger partial charge in [0.2, 0.25) is 5.82 Å². The van der Waals surface area contributed by atoms with E-state index in [4.69, 9.17) is 4.74 Å². The SMILES string of the molecule is CC1CCC(CNc2ncc(S(=O)(=O)NC(=O)c3ccc(N4CCC5(CC4)CC(N4CCNC[C@H]4c4ccccc4C4CC4)C5)cc3Oc3cnc4[nH]ccc4c3)cc2[N+](=O)[O-])CC1. The summed E-state index contributed by atoms with van der Waals surface area (Å²) >= 11 is 0. The summed E-state index contributed by atoms with van der Waals surface area (Å²) in [6.07, 6.45) is 15.7. The van der Waals surface area contributed by atoms with E-state index in [0.29, 0.717) is 53.2 Å². The van der Waals surface area contributed by atoms with Crippen LogP contribution in [0.1, 0.15) is 105 Å². The lowest BCUT2D eigenvalue weighted by molar-refractivity contribution is -0.384. The van der Waals surface area contributed by atoms with E-state index in [1.807, 2.05) is 12.1 Å². The normalized spacial score (nSPS) is 22.8. The molecule has 64 heavy (non-hydrogen) atoms. The minimum Gasteiger partial charge on any atom is -0.455 e. The van der Waals surface area contributed by atoms with Crippen molar-refractivity contribution in [1.82, 2.24) is 29.9 Å². The third-order valence-electron chi connectivity index (χ3n) is 14.7. The van der Waals surface area contributed by atoms with Crippen LogP contribution in [0.2, 0.25) is 0 Å². The summed E-state index contributed by atoms with van der Waals surface area (Å²) < 4.78 is 35.9. The maximum Gasteiger partial charge on any atom is 0.312 e. The number of ether oxygens (including phenoxy) is 1. The van der Waals surface area contributed by atoms with Crippen LogP contribution in [0.3, 0.4) is 0 Å². The first kappa shape index (κ1) is 42.4. The van der Waals surface area contributed by atoms with Gasteiger partial charge in [-0.3, -0.25) is 19.8 Å². The molecule has 4 N–H and O–H groups in total. The van der Waals surface area contributed by atoms with Crippen LogP contribution < -0.4 is 25.0 Å². The Morgan fingerprint density at radius 3 is 2.50 bits per heavy atom. The molecule has 3 saturated carbocycles. The van der Waals surface area contributed by atoms with Crippen molar-refractivity contribution in [1.29, 1.82) is 0 Å². The highest BCUT2D eigenvalue weighted by atomic mass is 32.2. The lowest BCUT2D eigenvalue weighted by atomic mass is 9.59. The van der Waals surface area contributed by atoms with Gasteiger partial charge in [-0.15, -0.1) is 0 Å². The molecule has 336 valence electrons. The molecule has 2 aromatic carbocycles. The average Bonchev–Trinajstić information content (AvgIpc) is 4.04. The number of hydrogen-bond acceptors (Lipinski definition) is 12. The number of carbonyl (C=O) groups excluding carboxylic acids is 1. The molecule has 16 heteroatoms. The summed E-state index contributed by atoms with van der Waals surface area (Å²) in [6, 6.07) is 19.8. The highest BCUT2D eigenvalue weighted by molar-refractivity contribution is 7.90. The minimum absolute atomic E-state index is 0.00702. The van der Waals surface area contributed by atoms with Crippen molar-refractivity contribution in [3.8, 4) is 11.5 Å². The fraction of sp³-hybridized carbons (Fsp3) is 0.479. The number of hydrogen-bond donors (Lipinski definition) is 4. The van der Waals surface area contributed by atoms with Gasteiger partial charge < -0.3 is 25.3 Å². The van der Waals surface area contributed by atoms with Crippen molar-refractivity contribution in [2.45, 2.75) is 94.0 Å². The van der Waals surface area contributed by atoms with Crippen LogP contribution in [0, 0.1) is 27.4 Å². The van der Waals surface area contributed by atoms with E-state index in [2.05, 4.69) is 71.3 Å². The van der Waals surface area contributed by atoms with Crippen LogP contribution in [0.15, 0.2) is 84.1 Å². The molecule has 0 unspecified atom stereocenters. The molecule has 2 saturated heterocycles. The van der Waals surface area contributed by atoms with E-state index in [0.717, 1.165) is 94.6 Å². The van der Waals surface area contributed by atoms with Crippen molar-refractivity contribution in [2.24, 2.45) is 17.3 Å². The predicted molar refractivity (Wildman–Crippen MR) is 245 cm³/mol. The lowest BCUT2D eigenvalue weighted by Crippen LogP contribution is -2.59. The van der Waals surface area contributed by atoms with Crippen molar-refractivity contribution in [3.63, 3.8) is 0 Å². The molecule has 0 bridgehead atoms. The number of aromatic amines is 1. The third-order valence-corrected chi connectivity index (χ3v) is 16.0. The number of piperidine rings is 1. The molecule has 5 aromatic rings. The standard InChI is InChI=1S/C48H57N9O6S/c1-31-6-8-32(9-7-31)27-51-46-42(57(59)60)24-38(29-53-46)64(61,62)54-47(58)41-13-12-35(23-44(41)63-37-22-34-14-17-50-45(34)52-28-37)55-19-15-48(16-20-55)25-36(26-48)56-21-18-49-30-43(56)40-5-3-2-4-39(40)33-10-11-33/h2-5,12-14,17,22-24,28-29,31-33,36,43,49H,6-11,15-16,18-21,25-27,30H2,1H3,(H,50,52)(H,51,53)(H,54,58)/t31?,32?,43-/m0/s1. The number of piperazine rings is 1. The van der Waals surface area contributed by atoms with Gasteiger partial charge in [-0.05, 0) is 110 Å². The topological polar surface area (TPSA) is 188 Å². The van der Waals surface area contributed by atoms with Gasteiger partial charge in [-0.2, -0.15) is 0 Å². The first-order chi connectivity index (χ1) is 31.0. The Bertz CT molecular complexity index is 2640. The van der Waals surface area contributed by atoms with Gasteiger partial charge in [0.05, 0.1) is 22.9 Å². The largest absolute Gasteiger partial charge is 0.455 e. The van der Waals surface area contributed by atoms with Gasteiger partial charge in [0, 0.05) is 80.8 Å². The smallest absolute Gasteiger partial charge is 0.312 e. The van der Waals surface area contributed by atoms with Gasteiger partial charge in [0.15, 0.2) is 0 Å². The van der Waals surface area contributed by atoms with E-state index >= 15 is 0 Å². The van der Waals surface area contributed by atoms with E-state index in [-0.39, 0.29) is 17.1 Å². The number of aromatic nitrogens is 3. The zero-order chi connectivity index (χ0) is 44.0. The van der Waals surface area contributed by atoms with E-state index < -0.39 is 31.4 Å².